The molecule has 0 aliphatic heterocycles. The van der Waals surface area contributed by atoms with Crippen LogP contribution in [0.2, 0.25) is 0 Å². The summed E-state index contributed by atoms with van der Waals surface area (Å²) in [5.41, 5.74) is 3.54. The molecular weight excluding hydrogens is 268 g/mol. The molecule has 0 aliphatic rings. The average Bonchev–Trinajstić information content (AvgIpc) is 2.84. The highest BCUT2D eigenvalue weighted by Gasteiger charge is 2.15. The van der Waals surface area contributed by atoms with E-state index in [1.165, 1.54) is 12.1 Å². The molecule has 1 aromatic heterocycles. The Bertz CT molecular complexity index is 788. The van der Waals surface area contributed by atoms with Gasteiger partial charge >= 0.3 is 0 Å². The monoisotopic (exact) mass is 283 g/mol. The van der Waals surface area contributed by atoms with E-state index < -0.39 is 11.6 Å². The molecule has 0 unspecified atom stereocenters. The SMILES string of the molecule is C=CCCc1c(-c2ccccc2)[nH]c2cc(F)c(F)cc12. The summed E-state index contributed by atoms with van der Waals surface area (Å²) in [6, 6.07) is 12.3. The van der Waals surface area contributed by atoms with Gasteiger partial charge in [0.2, 0.25) is 0 Å². The lowest BCUT2D eigenvalue weighted by Crippen LogP contribution is -1.88. The Morgan fingerprint density at radius 2 is 1.76 bits per heavy atom. The van der Waals surface area contributed by atoms with Gasteiger partial charge in [-0.3, -0.25) is 0 Å². The van der Waals surface area contributed by atoms with E-state index in [9.17, 15) is 8.78 Å². The summed E-state index contributed by atoms with van der Waals surface area (Å²) in [5.74, 6) is -1.65. The molecule has 0 radical (unpaired) electrons. The van der Waals surface area contributed by atoms with Gasteiger partial charge in [-0.1, -0.05) is 36.4 Å². The molecule has 106 valence electrons. The predicted octanol–water partition coefficient (Wildman–Crippen LogP) is 5.23. The zero-order valence-electron chi connectivity index (χ0n) is 11.5. The van der Waals surface area contributed by atoms with E-state index in [0.29, 0.717) is 5.52 Å². The molecule has 0 bridgehead atoms. The first-order valence-corrected chi connectivity index (χ1v) is 6.86. The quantitative estimate of drug-likeness (QED) is 0.631. The molecule has 1 heterocycles. The molecule has 0 saturated heterocycles. The Labute approximate surface area is 121 Å². The maximum absolute atomic E-state index is 13.6. The van der Waals surface area contributed by atoms with Crippen LogP contribution in [0.15, 0.2) is 55.1 Å². The van der Waals surface area contributed by atoms with Gasteiger partial charge in [0.1, 0.15) is 0 Å². The third kappa shape index (κ3) is 2.47. The second-order valence-corrected chi connectivity index (χ2v) is 4.98. The molecule has 3 aromatic rings. The van der Waals surface area contributed by atoms with E-state index in [0.717, 1.165) is 35.0 Å². The zero-order valence-corrected chi connectivity index (χ0v) is 11.5. The fourth-order valence-corrected chi connectivity index (χ4v) is 2.60. The van der Waals surface area contributed by atoms with Crippen molar-refractivity contribution in [3.8, 4) is 11.3 Å². The lowest BCUT2D eigenvalue weighted by atomic mass is 10.0. The van der Waals surface area contributed by atoms with Gasteiger partial charge in [0.05, 0.1) is 0 Å². The Morgan fingerprint density at radius 3 is 2.48 bits per heavy atom. The number of hydrogen-bond donors (Lipinski definition) is 1. The number of H-pyrrole nitrogens is 1. The summed E-state index contributed by atoms with van der Waals surface area (Å²) in [6.45, 7) is 3.73. The van der Waals surface area contributed by atoms with Crippen LogP contribution in [0.25, 0.3) is 22.2 Å². The van der Waals surface area contributed by atoms with Gasteiger partial charge in [-0.15, -0.1) is 6.58 Å². The first kappa shape index (κ1) is 13.6. The molecule has 0 aliphatic carbocycles. The highest BCUT2D eigenvalue weighted by molar-refractivity contribution is 5.91. The van der Waals surface area contributed by atoms with Crippen LogP contribution in [-0.2, 0) is 6.42 Å². The number of nitrogens with one attached hydrogen (secondary N) is 1. The van der Waals surface area contributed by atoms with Crippen molar-refractivity contribution in [1.82, 2.24) is 4.98 Å². The van der Waals surface area contributed by atoms with Crippen LogP contribution < -0.4 is 0 Å². The molecule has 0 saturated carbocycles. The minimum atomic E-state index is -0.835. The molecule has 3 heteroatoms. The number of aryl methyl sites for hydroxylation is 1. The molecule has 0 amide bonds. The standard InChI is InChI=1S/C18H15F2N/c1-2-3-9-13-14-10-15(19)16(20)11-17(14)21-18(13)12-7-5-4-6-8-12/h2,4-8,10-11,21H,1,3,9H2. The molecule has 0 atom stereocenters. The van der Waals surface area contributed by atoms with Gasteiger partial charge in [0.25, 0.3) is 0 Å². The molecule has 2 aromatic carbocycles. The van der Waals surface area contributed by atoms with Crippen molar-refractivity contribution in [2.75, 3.05) is 0 Å². The molecule has 1 N–H and O–H groups in total. The predicted molar refractivity (Wildman–Crippen MR) is 82.2 cm³/mol. The number of halogens is 2. The van der Waals surface area contributed by atoms with Crippen LogP contribution in [-0.4, -0.2) is 4.98 Å². The summed E-state index contributed by atoms with van der Waals surface area (Å²) in [5, 5.41) is 0.731. The summed E-state index contributed by atoms with van der Waals surface area (Å²) in [6.07, 6.45) is 3.35. The highest BCUT2D eigenvalue weighted by atomic mass is 19.2. The van der Waals surface area contributed by atoms with Crippen LogP contribution in [0.1, 0.15) is 12.0 Å². The number of benzene rings is 2. The van der Waals surface area contributed by atoms with Crippen LogP contribution in [0, 0.1) is 11.6 Å². The maximum Gasteiger partial charge on any atom is 0.160 e. The maximum atomic E-state index is 13.6. The van der Waals surface area contributed by atoms with E-state index >= 15 is 0 Å². The van der Waals surface area contributed by atoms with Gasteiger partial charge in [0.15, 0.2) is 11.6 Å². The lowest BCUT2D eigenvalue weighted by molar-refractivity contribution is 0.511. The van der Waals surface area contributed by atoms with Crippen molar-refractivity contribution in [2.24, 2.45) is 0 Å². The molecule has 1 nitrogen and oxygen atoms in total. The van der Waals surface area contributed by atoms with E-state index in [2.05, 4.69) is 11.6 Å². The summed E-state index contributed by atoms with van der Waals surface area (Å²) in [4.78, 5) is 3.22. The zero-order chi connectivity index (χ0) is 14.8. The van der Waals surface area contributed by atoms with Crippen molar-refractivity contribution < 1.29 is 8.78 Å². The normalized spacial score (nSPS) is 11.0. The second kappa shape index (κ2) is 5.52. The van der Waals surface area contributed by atoms with Crippen molar-refractivity contribution in [1.29, 1.82) is 0 Å². The fraction of sp³-hybridized carbons (Fsp3) is 0.111. The van der Waals surface area contributed by atoms with Gasteiger partial charge in [-0.25, -0.2) is 8.78 Å². The highest BCUT2D eigenvalue weighted by Crippen LogP contribution is 2.32. The van der Waals surface area contributed by atoms with Crippen LogP contribution in [0.3, 0.4) is 0 Å². The first-order valence-electron chi connectivity index (χ1n) is 6.86. The number of allylic oxidation sites excluding steroid dienone is 1. The summed E-state index contributed by atoms with van der Waals surface area (Å²) in [7, 11) is 0. The molecular formula is C18H15F2N. The van der Waals surface area contributed by atoms with Crippen molar-refractivity contribution in [3.63, 3.8) is 0 Å². The lowest BCUT2D eigenvalue weighted by Gasteiger charge is -2.04. The minimum absolute atomic E-state index is 0.617. The van der Waals surface area contributed by atoms with Gasteiger partial charge in [0, 0.05) is 22.7 Å². The first-order chi connectivity index (χ1) is 10.2. The van der Waals surface area contributed by atoms with E-state index in [4.69, 9.17) is 0 Å². The average molecular weight is 283 g/mol. The van der Waals surface area contributed by atoms with E-state index in [1.54, 1.807) is 0 Å². The third-order valence-corrected chi connectivity index (χ3v) is 3.61. The topological polar surface area (TPSA) is 15.8 Å². The van der Waals surface area contributed by atoms with Gasteiger partial charge in [-0.05, 0) is 30.0 Å². The summed E-state index contributed by atoms with van der Waals surface area (Å²) >= 11 is 0. The smallest absolute Gasteiger partial charge is 0.160 e. The number of hydrogen-bond acceptors (Lipinski definition) is 0. The molecule has 0 fully saturated rings. The number of rotatable bonds is 4. The van der Waals surface area contributed by atoms with Crippen molar-refractivity contribution in [2.45, 2.75) is 12.8 Å². The summed E-state index contributed by atoms with van der Waals surface area (Å²) < 4.78 is 27.0. The largest absolute Gasteiger partial charge is 0.354 e. The fourth-order valence-electron chi connectivity index (χ4n) is 2.60. The van der Waals surface area contributed by atoms with E-state index in [1.807, 2.05) is 36.4 Å². The van der Waals surface area contributed by atoms with Crippen LogP contribution in [0.4, 0.5) is 8.78 Å². The number of fused-ring (bicyclic) bond motifs is 1. The van der Waals surface area contributed by atoms with Gasteiger partial charge in [-0.2, -0.15) is 0 Å². The molecule has 0 spiro atoms. The third-order valence-electron chi connectivity index (χ3n) is 3.61. The van der Waals surface area contributed by atoms with E-state index in [-0.39, 0.29) is 0 Å². The minimum Gasteiger partial charge on any atom is -0.354 e. The van der Waals surface area contributed by atoms with Crippen LogP contribution in [0.5, 0.6) is 0 Å². The molecule has 3 rings (SSSR count). The van der Waals surface area contributed by atoms with Gasteiger partial charge < -0.3 is 4.98 Å². The van der Waals surface area contributed by atoms with Crippen molar-refractivity contribution in [3.05, 3.63) is 72.3 Å². The van der Waals surface area contributed by atoms with Crippen molar-refractivity contribution >= 4 is 10.9 Å². The Hall–Kier alpha value is -2.42. The number of aromatic nitrogens is 1. The second-order valence-electron chi connectivity index (χ2n) is 4.98. The van der Waals surface area contributed by atoms with Crippen LogP contribution >= 0.6 is 0 Å². The Balaban J connectivity index is 2.25. The Morgan fingerprint density at radius 1 is 1.05 bits per heavy atom. The number of aromatic amines is 1. The molecule has 21 heavy (non-hydrogen) atoms. The Kier molecular flexibility index (Phi) is 3.57.